The van der Waals surface area contributed by atoms with Crippen molar-refractivity contribution >= 4 is 22.8 Å². The molecule has 4 rings (SSSR count). The van der Waals surface area contributed by atoms with Crippen molar-refractivity contribution in [1.82, 2.24) is 19.7 Å². The van der Waals surface area contributed by atoms with E-state index in [2.05, 4.69) is 5.32 Å². The fourth-order valence-corrected chi connectivity index (χ4v) is 5.24. The number of urea groups is 1. The van der Waals surface area contributed by atoms with Crippen LogP contribution in [0.5, 0.6) is 0 Å². The number of hydrogen-bond acceptors (Lipinski definition) is 4. The summed E-state index contributed by atoms with van der Waals surface area (Å²) in [5.41, 5.74) is 4.37. The molecule has 3 amide bonds. The summed E-state index contributed by atoms with van der Waals surface area (Å²) in [6.45, 7) is 8.68. The highest BCUT2D eigenvalue weighted by molar-refractivity contribution is 6.10. The van der Waals surface area contributed by atoms with Crippen LogP contribution in [-0.4, -0.2) is 76.3 Å². The minimum absolute atomic E-state index is 0.0228. The van der Waals surface area contributed by atoms with Crippen LogP contribution >= 0.6 is 0 Å². The van der Waals surface area contributed by atoms with Crippen LogP contribution in [0.25, 0.3) is 22.0 Å². The third kappa shape index (κ3) is 5.42. The second-order valence-corrected chi connectivity index (χ2v) is 10.8. The molecule has 2 N–H and O–H groups in total. The molecule has 8 heteroatoms. The Morgan fingerprint density at radius 3 is 2.55 bits per heavy atom. The largest absolute Gasteiger partial charge is 0.394 e. The Kier molecular flexibility index (Phi) is 8.43. The summed E-state index contributed by atoms with van der Waals surface area (Å²) < 4.78 is 8.50. The Hall–Kier alpha value is -3.36. The Morgan fingerprint density at radius 2 is 1.84 bits per heavy atom. The molecule has 3 atom stereocenters. The van der Waals surface area contributed by atoms with E-state index < -0.39 is 6.04 Å². The van der Waals surface area contributed by atoms with Crippen molar-refractivity contribution < 1.29 is 19.4 Å². The van der Waals surface area contributed by atoms with Crippen LogP contribution in [0, 0.1) is 5.92 Å². The maximum Gasteiger partial charge on any atom is 0.317 e. The third-order valence-corrected chi connectivity index (χ3v) is 7.44. The fraction of sp³-hybridized carbons (Fsp3) is 0.467. The summed E-state index contributed by atoms with van der Waals surface area (Å²) in [5.74, 6) is -0.237. The summed E-state index contributed by atoms with van der Waals surface area (Å²) in [4.78, 5) is 30.4. The number of rotatable bonds is 5. The quantitative estimate of drug-likeness (QED) is 0.527. The van der Waals surface area contributed by atoms with Gasteiger partial charge in [-0.15, -0.1) is 0 Å². The number of amides is 3. The highest BCUT2D eigenvalue weighted by Gasteiger charge is 2.34. The number of hydrogen-bond donors (Lipinski definition) is 2. The molecule has 0 saturated carbocycles. The number of ether oxygens (including phenoxy) is 1. The molecule has 0 spiro atoms. The Balaban J connectivity index is 1.84. The van der Waals surface area contributed by atoms with Crippen molar-refractivity contribution in [2.24, 2.45) is 13.0 Å². The molecule has 3 aromatic rings. The first kappa shape index (κ1) is 27.7. The fourth-order valence-electron chi connectivity index (χ4n) is 5.24. The predicted octanol–water partition coefficient (Wildman–Crippen LogP) is 4.25. The topological polar surface area (TPSA) is 87.0 Å². The predicted molar refractivity (Wildman–Crippen MR) is 150 cm³/mol. The van der Waals surface area contributed by atoms with Crippen molar-refractivity contribution in [2.45, 2.75) is 52.5 Å². The van der Waals surface area contributed by atoms with Gasteiger partial charge in [0.25, 0.3) is 5.91 Å². The lowest BCUT2D eigenvalue weighted by atomic mass is 9.96. The van der Waals surface area contributed by atoms with Crippen LogP contribution in [0.2, 0.25) is 0 Å². The number of carbonyl (C=O) groups excluding carboxylic acids is 2. The summed E-state index contributed by atoms with van der Waals surface area (Å²) in [6, 6.07) is 15.5. The van der Waals surface area contributed by atoms with E-state index in [9.17, 15) is 14.7 Å². The van der Waals surface area contributed by atoms with Crippen LogP contribution < -0.4 is 5.32 Å². The molecule has 38 heavy (non-hydrogen) atoms. The van der Waals surface area contributed by atoms with E-state index in [1.54, 1.807) is 16.8 Å². The van der Waals surface area contributed by atoms with Gasteiger partial charge in [0.1, 0.15) is 5.69 Å². The maximum absolute atomic E-state index is 14.3. The summed E-state index contributed by atoms with van der Waals surface area (Å²) >= 11 is 0. The molecule has 0 unspecified atom stereocenters. The third-order valence-electron chi connectivity index (χ3n) is 7.44. The van der Waals surface area contributed by atoms with Crippen LogP contribution in [0.15, 0.2) is 48.5 Å². The van der Waals surface area contributed by atoms with E-state index in [1.807, 2.05) is 87.8 Å². The minimum atomic E-state index is -0.394. The molecule has 0 bridgehead atoms. The van der Waals surface area contributed by atoms with Gasteiger partial charge in [0.15, 0.2) is 0 Å². The van der Waals surface area contributed by atoms with Gasteiger partial charge in [-0.3, -0.25) is 4.79 Å². The number of aryl methyl sites for hydroxylation is 1. The number of aliphatic hydroxyl groups is 1. The van der Waals surface area contributed by atoms with E-state index in [0.29, 0.717) is 25.4 Å². The molecular weight excluding hydrogens is 480 g/mol. The van der Waals surface area contributed by atoms with Gasteiger partial charge in [-0.05, 0) is 38.0 Å². The monoisotopic (exact) mass is 520 g/mol. The van der Waals surface area contributed by atoms with Crippen molar-refractivity contribution in [3.05, 3.63) is 59.8 Å². The minimum Gasteiger partial charge on any atom is -0.394 e. The van der Waals surface area contributed by atoms with E-state index >= 15 is 0 Å². The number of aliphatic hydroxyl groups excluding tert-OH is 1. The van der Waals surface area contributed by atoms with Crippen LogP contribution in [0.1, 0.15) is 43.7 Å². The lowest BCUT2D eigenvalue weighted by Crippen LogP contribution is -2.49. The highest BCUT2D eigenvalue weighted by Crippen LogP contribution is 2.38. The van der Waals surface area contributed by atoms with Gasteiger partial charge in [-0.25, -0.2) is 4.79 Å². The Morgan fingerprint density at radius 1 is 1.16 bits per heavy atom. The summed E-state index contributed by atoms with van der Waals surface area (Å²) in [7, 11) is 3.68. The van der Waals surface area contributed by atoms with Gasteiger partial charge in [-0.2, -0.15) is 0 Å². The molecule has 0 aliphatic carbocycles. The van der Waals surface area contributed by atoms with Crippen LogP contribution in [0.4, 0.5) is 4.79 Å². The molecule has 204 valence electrons. The van der Waals surface area contributed by atoms with Crippen LogP contribution in [-0.2, 0) is 18.4 Å². The highest BCUT2D eigenvalue weighted by atomic mass is 16.5. The van der Waals surface area contributed by atoms with Gasteiger partial charge >= 0.3 is 6.03 Å². The van der Waals surface area contributed by atoms with E-state index in [0.717, 1.165) is 27.6 Å². The molecule has 2 aromatic carbocycles. The van der Waals surface area contributed by atoms with Crippen molar-refractivity contribution in [3.8, 4) is 11.1 Å². The van der Waals surface area contributed by atoms with Gasteiger partial charge in [0.05, 0.1) is 25.4 Å². The lowest BCUT2D eigenvalue weighted by Gasteiger charge is -2.35. The molecule has 2 heterocycles. The number of nitrogens with one attached hydrogen (secondary N) is 1. The zero-order valence-electron chi connectivity index (χ0n) is 23.3. The standard InChI is InChI=1S/C30H40N4O4/c1-19(2)31-30(37)32(5)16-26-20(3)15-34(21(4)17-35)29(36)28-27(23-12-8-7-11-22(23)18-38-26)24-13-9-10-14-25(24)33(28)6/h7-14,19-21,26,35H,15-18H2,1-6H3,(H,31,37)/t20-,21-,26+/m0/s1. The second kappa shape index (κ2) is 11.6. The molecule has 0 saturated heterocycles. The molecular formula is C30H40N4O4. The molecule has 0 radical (unpaired) electrons. The van der Waals surface area contributed by atoms with E-state index in [1.165, 1.54) is 0 Å². The first-order chi connectivity index (χ1) is 18.1. The average Bonchev–Trinajstić information content (AvgIpc) is 3.19. The normalized spacial score (nSPS) is 19.1. The van der Waals surface area contributed by atoms with Gasteiger partial charge in [-0.1, -0.05) is 49.4 Å². The number of likely N-dealkylation sites (N-methyl/N-ethyl adjacent to an activating group) is 1. The number of nitrogens with zero attached hydrogens (tertiary/aromatic N) is 3. The SMILES string of the molecule is CC(C)NC(=O)N(C)C[C@H]1OCc2ccccc2-c2c(n(C)c3ccccc23)C(=O)N([C@@H](C)CO)C[C@@H]1C. The first-order valence-corrected chi connectivity index (χ1v) is 13.3. The van der Waals surface area contributed by atoms with Gasteiger partial charge in [0.2, 0.25) is 0 Å². The summed E-state index contributed by atoms with van der Waals surface area (Å²) in [6.07, 6.45) is -0.329. The Bertz CT molecular complexity index is 1300. The molecule has 8 nitrogen and oxygen atoms in total. The number of fused-ring (bicyclic) bond motifs is 5. The van der Waals surface area contributed by atoms with Crippen molar-refractivity contribution in [2.75, 3.05) is 26.7 Å². The van der Waals surface area contributed by atoms with E-state index in [4.69, 9.17) is 4.74 Å². The zero-order valence-corrected chi connectivity index (χ0v) is 23.3. The number of carbonyl (C=O) groups is 2. The number of aromatic nitrogens is 1. The smallest absolute Gasteiger partial charge is 0.317 e. The van der Waals surface area contributed by atoms with Gasteiger partial charge in [0, 0.05) is 55.6 Å². The summed E-state index contributed by atoms with van der Waals surface area (Å²) in [5, 5.41) is 14.0. The number of para-hydroxylation sites is 1. The van der Waals surface area contributed by atoms with Gasteiger partial charge < -0.3 is 29.5 Å². The zero-order chi connectivity index (χ0) is 27.6. The second-order valence-electron chi connectivity index (χ2n) is 10.8. The Labute approximate surface area is 225 Å². The van der Waals surface area contributed by atoms with Crippen molar-refractivity contribution in [1.29, 1.82) is 0 Å². The average molecular weight is 521 g/mol. The molecule has 1 aliphatic rings. The molecule has 1 aromatic heterocycles. The molecule has 0 fully saturated rings. The molecule has 1 aliphatic heterocycles. The maximum atomic E-state index is 14.3. The lowest BCUT2D eigenvalue weighted by molar-refractivity contribution is -0.0185. The number of benzene rings is 2. The van der Waals surface area contributed by atoms with Crippen LogP contribution in [0.3, 0.4) is 0 Å². The first-order valence-electron chi connectivity index (χ1n) is 13.3. The van der Waals surface area contributed by atoms with Crippen molar-refractivity contribution in [3.63, 3.8) is 0 Å². The van der Waals surface area contributed by atoms with E-state index in [-0.39, 0.29) is 36.6 Å².